The summed E-state index contributed by atoms with van der Waals surface area (Å²) in [4.78, 5) is 25.6. The van der Waals surface area contributed by atoms with Gasteiger partial charge < -0.3 is 10.1 Å². The third-order valence-corrected chi connectivity index (χ3v) is 4.06. The molecule has 0 saturated carbocycles. The molecule has 0 spiro atoms. The third kappa shape index (κ3) is 5.28. The number of hydrogen-bond acceptors (Lipinski definition) is 7. The van der Waals surface area contributed by atoms with Crippen molar-refractivity contribution in [3.05, 3.63) is 87.5 Å². The van der Waals surface area contributed by atoms with E-state index in [4.69, 9.17) is 10.00 Å². The van der Waals surface area contributed by atoms with Crippen LogP contribution >= 0.6 is 0 Å². The van der Waals surface area contributed by atoms with Gasteiger partial charge >= 0.3 is 5.69 Å². The minimum atomic E-state index is -1.05. The second-order valence-corrected chi connectivity index (χ2v) is 6.45. The summed E-state index contributed by atoms with van der Waals surface area (Å²) in [6, 6.07) is 12.1. The van der Waals surface area contributed by atoms with E-state index < -0.39 is 28.0 Å². The lowest BCUT2D eigenvalue weighted by Gasteiger charge is -2.11. The van der Waals surface area contributed by atoms with Crippen LogP contribution in [0, 0.1) is 33.1 Å². The van der Waals surface area contributed by atoms with Gasteiger partial charge in [0.05, 0.1) is 16.6 Å². The van der Waals surface area contributed by atoms with Crippen LogP contribution in [0.3, 0.4) is 0 Å². The summed E-state index contributed by atoms with van der Waals surface area (Å²) < 4.78 is 34.0. The maximum atomic E-state index is 14.4. The summed E-state index contributed by atoms with van der Waals surface area (Å²) in [5.41, 5.74) is 0.508. The molecule has 0 aliphatic carbocycles. The number of nitrogens with zero attached hydrogens (tertiary/aromatic N) is 3. The van der Waals surface area contributed by atoms with E-state index in [1.807, 2.05) is 6.07 Å². The van der Waals surface area contributed by atoms with Crippen molar-refractivity contribution < 1.29 is 23.2 Å². The molecule has 8 nitrogen and oxygen atoms in total. The average molecular weight is 436 g/mol. The maximum absolute atomic E-state index is 14.4. The van der Waals surface area contributed by atoms with E-state index in [1.54, 1.807) is 0 Å². The Morgan fingerprint density at radius 3 is 2.41 bits per heavy atom. The summed E-state index contributed by atoms with van der Waals surface area (Å²) in [5.74, 6) is -3.65. The third-order valence-electron chi connectivity index (χ3n) is 4.06. The number of carbonyl (C=O) groups is 1. The van der Waals surface area contributed by atoms with Gasteiger partial charge in [-0.15, -0.1) is 0 Å². The first-order valence-electron chi connectivity index (χ1n) is 9.05. The van der Waals surface area contributed by atoms with Gasteiger partial charge in [-0.05, 0) is 55.0 Å². The minimum Gasteiger partial charge on any atom is -0.433 e. The number of rotatable bonds is 7. The van der Waals surface area contributed by atoms with E-state index in [0.29, 0.717) is 11.3 Å². The van der Waals surface area contributed by atoms with Crippen molar-refractivity contribution in [3.8, 4) is 17.7 Å². The van der Waals surface area contributed by atoms with E-state index in [2.05, 4.69) is 10.3 Å². The Morgan fingerprint density at radius 2 is 1.84 bits per heavy atom. The number of halogens is 2. The molecule has 1 aromatic heterocycles. The quantitative estimate of drug-likeness (QED) is 0.304. The molecule has 160 valence electrons. The molecular formula is C22H14F2N4O4. The zero-order valence-corrected chi connectivity index (χ0v) is 16.5. The van der Waals surface area contributed by atoms with Crippen molar-refractivity contribution in [1.82, 2.24) is 4.98 Å². The first kappa shape index (κ1) is 22.0. The van der Waals surface area contributed by atoms with Crippen LogP contribution in [-0.4, -0.2) is 15.7 Å². The van der Waals surface area contributed by atoms with Gasteiger partial charge in [0, 0.05) is 17.8 Å². The molecule has 3 aromatic rings. The average Bonchev–Trinajstić information content (AvgIpc) is 2.75. The fourth-order valence-corrected chi connectivity index (χ4v) is 2.59. The number of anilines is 2. The van der Waals surface area contributed by atoms with E-state index in [0.717, 1.165) is 30.3 Å². The lowest BCUT2D eigenvalue weighted by atomic mass is 10.1. The highest BCUT2D eigenvalue weighted by Gasteiger charge is 2.19. The maximum Gasteiger partial charge on any atom is 0.311 e. The van der Waals surface area contributed by atoms with Gasteiger partial charge in [-0.2, -0.15) is 10.2 Å². The predicted octanol–water partition coefficient (Wildman–Crippen LogP) is 5.28. The molecule has 32 heavy (non-hydrogen) atoms. The Bertz CT molecular complexity index is 1240. The molecular weight excluding hydrogens is 422 g/mol. The standard InChI is InChI=1S/C22H14F2N4O4/c1-13(29)2-3-15-10-17(23)21(18(24)11-15)32-20-9-8-19(28(30)31)22(27-20)26-16-6-4-14(12-25)5-7-16/h2-11H,1H3,(H,26,27)/b3-2+. The Labute approximate surface area is 180 Å². The summed E-state index contributed by atoms with van der Waals surface area (Å²) in [6.07, 6.45) is 2.41. The number of ether oxygens (including phenoxy) is 1. The van der Waals surface area contributed by atoms with Gasteiger partial charge in [-0.3, -0.25) is 14.9 Å². The summed E-state index contributed by atoms with van der Waals surface area (Å²) in [5, 5.41) is 22.9. The highest BCUT2D eigenvalue weighted by Crippen LogP contribution is 2.32. The van der Waals surface area contributed by atoms with Crippen LogP contribution in [0.5, 0.6) is 11.6 Å². The predicted molar refractivity (Wildman–Crippen MR) is 111 cm³/mol. The van der Waals surface area contributed by atoms with Crippen molar-refractivity contribution >= 4 is 29.1 Å². The molecule has 1 N–H and O–H groups in total. The topological polar surface area (TPSA) is 118 Å². The molecule has 1 heterocycles. The van der Waals surface area contributed by atoms with E-state index in [-0.39, 0.29) is 23.0 Å². The largest absolute Gasteiger partial charge is 0.433 e. The van der Waals surface area contributed by atoms with Crippen LogP contribution in [0.4, 0.5) is 26.0 Å². The number of carbonyl (C=O) groups excluding carboxylic acids is 1. The molecule has 0 fully saturated rings. The van der Waals surface area contributed by atoms with Crippen LogP contribution in [0.15, 0.2) is 54.6 Å². The van der Waals surface area contributed by atoms with Crippen molar-refractivity contribution in [2.75, 3.05) is 5.32 Å². The Morgan fingerprint density at radius 1 is 1.19 bits per heavy atom. The van der Waals surface area contributed by atoms with Crippen LogP contribution in [0.1, 0.15) is 18.1 Å². The van der Waals surface area contributed by atoms with Gasteiger partial charge in [-0.25, -0.2) is 8.78 Å². The molecule has 2 aromatic carbocycles. The summed E-state index contributed by atoms with van der Waals surface area (Å²) in [7, 11) is 0. The first-order chi connectivity index (χ1) is 15.3. The molecule has 0 atom stereocenters. The second-order valence-electron chi connectivity index (χ2n) is 6.45. The van der Waals surface area contributed by atoms with Crippen LogP contribution in [0.2, 0.25) is 0 Å². The van der Waals surface area contributed by atoms with Crippen molar-refractivity contribution in [3.63, 3.8) is 0 Å². The zero-order valence-electron chi connectivity index (χ0n) is 16.5. The van der Waals surface area contributed by atoms with Gasteiger partial charge in [0.15, 0.2) is 17.4 Å². The molecule has 0 radical (unpaired) electrons. The van der Waals surface area contributed by atoms with Crippen molar-refractivity contribution in [2.24, 2.45) is 0 Å². The van der Waals surface area contributed by atoms with Crippen molar-refractivity contribution in [2.45, 2.75) is 6.92 Å². The van der Waals surface area contributed by atoms with E-state index >= 15 is 0 Å². The molecule has 0 amide bonds. The van der Waals surface area contributed by atoms with E-state index in [9.17, 15) is 23.7 Å². The lowest BCUT2D eigenvalue weighted by molar-refractivity contribution is -0.384. The fourth-order valence-electron chi connectivity index (χ4n) is 2.59. The molecule has 0 aliphatic rings. The number of benzene rings is 2. The van der Waals surface area contributed by atoms with Gasteiger partial charge in [0.2, 0.25) is 17.4 Å². The van der Waals surface area contributed by atoms with Gasteiger partial charge in [0.25, 0.3) is 0 Å². The molecule has 10 heteroatoms. The molecule has 0 saturated heterocycles. The fraction of sp³-hybridized carbons (Fsp3) is 0.0455. The minimum absolute atomic E-state index is 0.113. The number of allylic oxidation sites excluding steroid dienone is 1. The second kappa shape index (κ2) is 9.44. The number of pyridine rings is 1. The number of hydrogen-bond donors (Lipinski definition) is 1. The summed E-state index contributed by atoms with van der Waals surface area (Å²) in [6.45, 7) is 1.30. The van der Waals surface area contributed by atoms with Crippen LogP contribution in [-0.2, 0) is 4.79 Å². The number of nitriles is 1. The van der Waals surface area contributed by atoms with E-state index in [1.165, 1.54) is 37.3 Å². The molecule has 0 unspecified atom stereocenters. The normalized spacial score (nSPS) is 10.6. The SMILES string of the molecule is CC(=O)/C=C/c1cc(F)c(Oc2ccc([N+](=O)[O-])c(Nc3ccc(C#N)cc3)n2)c(F)c1. The highest BCUT2D eigenvalue weighted by molar-refractivity contribution is 5.91. The lowest BCUT2D eigenvalue weighted by Crippen LogP contribution is -2.02. The van der Waals surface area contributed by atoms with Gasteiger partial charge in [-0.1, -0.05) is 6.08 Å². The number of nitro groups is 1. The highest BCUT2D eigenvalue weighted by atomic mass is 19.1. The number of aromatic nitrogens is 1. The van der Waals surface area contributed by atoms with Crippen LogP contribution in [0.25, 0.3) is 6.08 Å². The van der Waals surface area contributed by atoms with Crippen LogP contribution < -0.4 is 10.1 Å². The molecule has 3 rings (SSSR count). The zero-order chi connectivity index (χ0) is 23.3. The summed E-state index contributed by atoms with van der Waals surface area (Å²) >= 11 is 0. The molecule has 0 bridgehead atoms. The Hall–Kier alpha value is -4.65. The number of ketones is 1. The number of nitrogens with one attached hydrogen (secondary N) is 1. The Balaban J connectivity index is 1.92. The monoisotopic (exact) mass is 436 g/mol. The Kier molecular flexibility index (Phi) is 6.50. The van der Waals surface area contributed by atoms with Gasteiger partial charge in [0.1, 0.15) is 0 Å². The van der Waals surface area contributed by atoms with Crippen molar-refractivity contribution in [1.29, 1.82) is 5.26 Å². The molecule has 0 aliphatic heterocycles. The smallest absolute Gasteiger partial charge is 0.311 e. The first-order valence-corrected chi connectivity index (χ1v) is 9.05.